The van der Waals surface area contributed by atoms with Gasteiger partial charge >= 0.3 is 0 Å². The summed E-state index contributed by atoms with van der Waals surface area (Å²) in [6.07, 6.45) is 6.30. The van der Waals surface area contributed by atoms with Crippen LogP contribution in [0.2, 0.25) is 5.02 Å². The third-order valence-electron chi connectivity index (χ3n) is 4.45. The van der Waals surface area contributed by atoms with Crippen LogP contribution in [0.25, 0.3) is 17.1 Å². The normalized spacial score (nSPS) is 11.4. The summed E-state index contributed by atoms with van der Waals surface area (Å²) in [5, 5.41) is 10.1. The standard InChI is InChI=1S/C21H18ClN5O2S/c22-16-5-3-15(4-6-16)13-26-14-24-20-18(21(26)29)12-25-27(20)10-9-23-19(28)8-7-17-2-1-11-30-17/h1-8,11-12,14H,9-10,13H2,(H,23,28)/b8-7+. The molecule has 0 bridgehead atoms. The fraction of sp³-hybridized carbons (Fsp3) is 0.143. The molecule has 3 heterocycles. The molecule has 1 amide bonds. The molecule has 4 aromatic rings. The highest BCUT2D eigenvalue weighted by molar-refractivity contribution is 7.10. The van der Waals surface area contributed by atoms with Crippen LogP contribution in [0.4, 0.5) is 0 Å². The van der Waals surface area contributed by atoms with Crippen LogP contribution in [0.3, 0.4) is 0 Å². The Morgan fingerprint density at radius 3 is 2.83 bits per heavy atom. The first-order chi connectivity index (χ1) is 14.6. The molecule has 9 heteroatoms. The smallest absolute Gasteiger partial charge is 0.264 e. The zero-order valence-corrected chi connectivity index (χ0v) is 17.4. The number of nitrogens with zero attached hydrogens (tertiary/aromatic N) is 4. The first-order valence-corrected chi connectivity index (χ1v) is 10.5. The van der Waals surface area contributed by atoms with Crippen LogP contribution in [0, 0.1) is 0 Å². The van der Waals surface area contributed by atoms with Crippen molar-refractivity contribution in [1.82, 2.24) is 24.6 Å². The van der Waals surface area contributed by atoms with Gasteiger partial charge in [-0.2, -0.15) is 5.10 Å². The molecule has 0 spiro atoms. The molecule has 1 aromatic carbocycles. The van der Waals surface area contributed by atoms with E-state index in [1.54, 1.807) is 34.2 Å². The van der Waals surface area contributed by atoms with Crippen LogP contribution in [-0.2, 0) is 17.9 Å². The fourth-order valence-corrected chi connectivity index (χ4v) is 3.69. The van der Waals surface area contributed by atoms with Gasteiger partial charge in [-0.25, -0.2) is 9.67 Å². The molecule has 0 saturated carbocycles. The van der Waals surface area contributed by atoms with Crippen LogP contribution >= 0.6 is 22.9 Å². The van der Waals surface area contributed by atoms with Gasteiger partial charge in [0.25, 0.3) is 5.56 Å². The molecule has 0 aliphatic heterocycles. The van der Waals surface area contributed by atoms with E-state index in [0.717, 1.165) is 10.4 Å². The van der Waals surface area contributed by atoms with E-state index in [1.165, 1.54) is 23.2 Å². The molecule has 0 aliphatic carbocycles. The minimum absolute atomic E-state index is 0.163. The van der Waals surface area contributed by atoms with Crippen molar-refractivity contribution in [1.29, 1.82) is 0 Å². The number of thiophene rings is 1. The van der Waals surface area contributed by atoms with Crippen molar-refractivity contribution >= 4 is 46.0 Å². The zero-order valence-electron chi connectivity index (χ0n) is 15.9. The van der Waals surface area contributed by atoms with Crippen LogP contribution in [0.1, 0.15) is 10.4 Å². The van der Waals surface area contributed by atoms with Gasteiger partial charge in [0.15, 0.2) is 5.65 Å². The largest absolute Gasteiger partial charge is 0.351 e. The van der Waals surface area contributed by atoms with E-state index in [4.69, 9.17) is 11.6 Å². The minimum atomic E-state index is -0.182. The maximum atomic E-state index is 12.8. The third kappa shape index (κ3) is 4.67. The summed E-state index contributed by atoms with van der Waals surface area (Å²) < 4.78 is 3.15. The average molecular weight is 440 g/mol. The third-order valence-corrected chi connectivity index (χ3v) is 5.54. The lowest BCUT2D eigenvalue weighted by Gasteiger charge is -2.07. The highest BCUT2D eigenvalue weighted by Crippen LogP contribution is 2.11. The Kier molecular flexibility index (Phi) is 6.06. The lowest BCUT2D eigenvalue weighted by Crippen LogP contribution is -2.26. The second kappa shape index (κ2) is 9.06. The summed E-state index contributed by atoms with van der Waals surface area (Å²) in [4.78, 5) is 30.1. The number of amides is 1. The van der Waals surface area contributed by atoms with Gasteiger partial charge in [-0.3, -0.25) is 14.2 Å². The first-order valence-electron chi connectivity index (χ1n) is 9.25. The Morgan fingerprint density at radius 1 is 1.23 bits per heavy atom. The fourth-order valence-electron chi connectivity index (χ4n) is 2.95. The van der Waals surface area contributed by atoms with Crippen molar-refractivity contribution < 1.29 is 4.79 Å². The highest BCUT2D eigenvalue weighted by atomic mass is 35.5. The highest BCUT2D eigenvalue weighted by Gasteiger charge is 2.10. The molecule has 30 heavy (non-hydrogen) atoms. The number of rotatable bonds is 7. The van der Waals surface area contributed by atoms with Crippen molar-refractivity contribution in [3.8, 4) is 0 Å². The molecule has 0 fully saturated rings. The van der Waals surface area contributed by atoms with E-state index < -0.39 is 0 Å². The maximum Gasteiger partial charge on any atom is 0.264 e. The summed E-state index contributed by atoms with van der Waals surface area (Å²) in [6, 6.07) is 11.2. The lowest BCUT2D eigenvalue weighted by molar-refractivity contribution is -0.116. The van der Waals surface area contributed by atoms with Gasteiger partial charge in [-0.1, -0.05) is 29.8 Å². The maximum absolute atomic E-state index is 12.8. The molecule has 0 atom stereocenters. The molecule has 0 aliphatic rings. The number of hydrogen-bond acceptors (Lipinski definition) is 5. The van der Waals surface area contributed by atoms with E-state index in [2.05, 4.69) is 15.4 Å². The Bertz CT molecular complexity index is 1240. The molecule has 0 saturated heterocycles. The van der Waals surface area contributed by atoms with Gasteiger partial charge in [0.05, 0.1) is 19.3 Å². The number of carbonyl (C=O) groups is 1. The van der Waals surface area contributed by atoms with E-state index in [-0.39, 0.29) is 11.5 Å². The predicted octanol–water partition coefficient (Wildman–Crippen LogP) is 3.19. The number of benzene rings is 1. The number of fused-ring (bicyclic) bond motifs is 1. The Morgan fingerprint density at radius 2 is 2.07 bits per heavy atom. The topological polar surface area (TPSA) is 81.8 Å². The summed E-state index contributed by atoms with van der Waals surface area (Å²) in [5.74, 6) is -0.182. The molecule has 7 nitrogen and oxygen atoms in total. The van der Waals surface area contributed by atoms with Gasteiger partial charge in [-0.05, 0) is 35.2 Å². The Balaban J connectivity index is 1.40. The van der Waals surface area contributed by atoms with Gasteiger partial charge in [-0.15, -0.1) is 11.3 Å². The van der Waals surface area contributed by atoms with Crippen LogP contribution in [0.5, 0.6) is 0 Å². The number of halogens is 1. The second-order valence-electron chi connectivity index (χ2n) is 6.55. The molecule has 1 N–H and O–H groups in total. The van der Waals surface area contributed by atoms with E-state index >= 15 is 0 Å². The summed E-state index contributed by atoms with van der Waals surface area (Å²) in [7, 11) is 0. The zero-order chi connectivity index (χ0) is 20.9. The molecule has 4 rings (SSSR count). The molecule has 0 unspecified atom stereocenters. The Labute approximate surface area is 181 Å². The molecule has 152 valence electrons. The number of carbonyl (C=O) groups excluding carboxylic acids is 1. The SMILES string of the molecule is O=C(/C=C/c1cccs1)NCCn1ncc2c(=O)n(Cc3ccc(Cl)cc3)cnc21. The van der Waals surface area contributed by atoms with Crippen LogP contribution in [-0.4, -0.2) is 31.8 Å². The minimum Gasteiger partial charge on any atom is -0.351 e. The van der Waals surface area contributed by atoms with E-state index in [9.17, 15) is 9.59 Å². The van der Waals surface area contributed by atoms with Crippen molar-refractivity contribution in [2.45, 2.75) is 13.1 Å². The molecule has 3 aromatic heterocycles. The molecular formula is C21H18ClN5O2S. The van der Waals surface area contributed by atoms with Crippen LogP contribution < -0.4 is 10.9 Å². The van der Waals surface area contributed by atoms with Crippen molar-refractivity contribution in [2.75, 3.05) is 6.54 Å². The van der Waals surface area contributed by atoms with Gasteiger partial charge < -0.3 is 5.32 Å². The van der Waals surface area contributed by atoms with E-state index in [0.29, 0.717) is 35.7 Å². The van der Waals surface area contributed by atoms with Crippen molar-refractivity contribution in [2.24, 2.45) is 0 Å². The van der Waals surface area contributed by atoms with Crippen molar-refractivity contribution in [3.05, 3.63) is 86.2 Å². The lowest BCUT2D eigenvalue weighted by atomic mass is 10.2. The van der Waals surface area contributed by atoms with Crippen molar-refractivity contribution in [3.63, 3.8) is 0 Å². The summed E-state index contributed by atoms with van der Waals surface area (Å²) in [5.41, 5.74) is 1.29. The van der Waals surface area contributed by atoms with Gasteiger partial charge in [0, 0.05) is 22.5 Å². The molecular weight excluding hydrogens is 422 g/mol. The predicted molar refractivity (Wildman–Crippen MR) is 119 cm³/mol. The number of aromatic nitrogens is 4. The monoisotopic (exact) mass is 439 g/mol. The second-order valence-corrected chi connectivity index (χ2v) is 7.96. The van der Waals surface area contributed by atoms with Gasteiger partial charge in [0.2, 0.25) is 5.91 Å². The van der Waals surface area contributed by atoms with Gasteiger partial charge in [0.1, 0.15) is 11.7 Å². The van der Waals surface area contributed by atoms with Crippen LogP contribution in [0.15, 0.2) is 65.2 Å². The molecule has 0 radical (unpaired) electrons. The average Bonchev–Trinajstić information content (AvgIpc) is 3.40. The summed E-state index contributed by atoms with van der Waals surface area (Å²) in [6.45, 7) is 1.19. The number of nitrogens with one attached hydrogen (secondary N) is 1. The number of hydrogen-bond donors (Lipinski definition) is 1. The summed E-state index contributed by atoms with van der Waals surface area (Å²) >= 11 is 7.47. The Hall–Kier alpha value is -3.23. The first kappa shape index (κ1) is 20.1. The van der Waals surface area contributed by atoms with E-state index in [1.807, 2.05) is 29.6 Å². The quantitative estimate of drug-likeness (QED) is 0.448.